The predicted octanol–water partition coefficient (Wildman–Crippen LogP) is 8.58. The van der Waals surface area contributed by atoms with Crippen LogP contribution in [0, 0.1) is 17.8 Å². The maximum absolute atomic E-state index is 5.78. The molecule has 1 aliphatic rings. The Morgan fingerprint density at radius 2 is 2.11 bits per heavy atom. The third kappa shape index (κ3) is 6.94. The summed E-state index contributed by atoms with van der Waals surface area (Å²) >= 11 is 1.74. The minimum atomic E-state index is -0.123. The number of nitrogens with zero attached hydrogens (tertiary/aromatic N) is 4. The number of thiazole rings is 1. The Labute approximate surface area is 267 Å². The van der Waals surface area contributed by atoms with Gasteiger partial charge in [-0.3, -0.25) is 4.98 Å². The van der Waals surface area contributed by atoms with E-state index in [1.54, 1.807) is 18.4 Å². The van der Waals surface area contributed by atoms with E-state index in [1.165, 1.54) is 35.0 Å². The number of hydrogen-bond donors (Lipinski definition) is 1. The maximum atomic E-state index is 5.78. The zero-order chi connectivity index (χ0) is 31.3. The standard InChI is InChI=1S/C37H47N5OS/c1-8-10-19-37(5,6)24-31-30-23-28(32-25-44-34(40-32)18-15-26(3)42-22-12-11-21-39-42)16-17-33(30)41(9-2)36(31)29-14-13-20-38-35(29)27(4)43-7/h1,13-14,16-17,20,23,25,27,39H,3,9-12,15,18-19,21-22,24H2,2,4-7H3. The third-order valence-electron chi connectivity index (χ3n) is 8.89. The minimum Gasteiger partial charge on any atom is -0.375 e. The van der Waals surface area contributed by atoms with E-state index in [0.717, 1.165) is 85.0 Å². The predicted molar refractivity (Wildman–Crippen MR) is 184 cm³/mol. The van der Waals surface area contributed by atoms with E-state index >= 15 is 0 Å². The summed E-state index contributed by atoms with van der Waals surface area (Å²) in [5, 5.41) is 6.84. The van der Waals surface area contributed by atoms with Crippen LogP contribution in [-0.2, 0) is 24.1 Å². The van der Waals surface area contributed by atoms with Crippen LogP contribution in [-0.4, -0.2) is 39.7 Å². The average Bonchev–Trinajstić information content (AvgIpc) is 3.64. The molecule has 4 aromatic rings. The van der Waals surface area contributed by atoms with E-state index in [0.29, 0.717) is 0 Å². The number of rotatable bonds is 13. The molecule has 1 atom stereocenters. The Morgan fingerprint density at radius 3 is 2.84 bits per heavy atom. The number of fused-ring (bicyclic) bond motifs is 1. The lowest BCUT2D eigenvalue weighted by atomic mass is 9.80. The second-order valence-corrected chi connectivity index (χ2v) is 13.6. The molecule has 0 bridgehead atoms. The first-order valence-electron chi connectivity index (χ1n) is 16.0. The Kier molecular flexibility index (Phi) is 10.3. The summed E-state index contributed by atoms with van der Waals surface area (Å²) in [4.78, 5) is 9.89. The van der Waals surface area contributed by atoms with Gasteiger partial charge >= 0.3 is 0 Å². The van der Waals surface area contributed by atoms with Crippen molar-refractivity contribution in [3.63, 3.8) is 0 Å². The molecule has 1 saturated heterocycles. The molecule has 3 aromatic heterocycles. The number of terminal acetylenes is 1. The number of hydrogen-bond acceptors (Lipinski definition) is 6. The molecule has 6 nitrogen and oxygen atoms in total. The Hall–Kier alpha value is -3.44. The molecule has 0 aliphatic carbocycles. The van der Waals surface area contributed by atoms with Crippen molar-refractivity contribution in [2.75, 3.05) is 20.2 Å². The van der Waals surface area contributed by atoms with Gasteiger partial charge in [0.2, 0.25) is 0 Å². The molecule has 232 valence electrons. The lowest BCUT2D eigenvalue weighted by Gasteiger charge is -2.31. The Balaban J connectivity index is 1.55. The molecular formula is C37H47N5OS. The van der Waals surface area contributed by atoms with Crippen LogP contribution in [0.5, 0.6) is 0 Å². The molecule has 1 unspecified atom stereocenters. The van der Waals surface area contributed by atoms with Crippen LogP contribution in [0.3, 0.4) is 0 Å². The first-order chi connectivity index (χ1) is 21.3. The maximum Gasteiger partial charge on any atom is 0.0969 e. The highest BCUT2D eigenvalue weighted by atomic mass is 32.1. The van der Waals surface area contributed by atoms with Gasteiger partial charge < -0.3 is 14.3 Å². The fourth-order valence-electron chi connectivity index (χ4n) is 6.33. The number of allylic oxidation sites excluding steroid dienone is 1. The summed E-state index contributed by atoms with van der Waals surface area (Å²) in [5.74, 6) is 2.86. The SMILES string of the molecule is C#CCCC(C)(C)Cc1c(-c2cccnc2C(C)OC)n(CC)c2ccc(-c3csc(CCC(=C)N4CCCCN4)n3)cc12. The summed E-state index contributed by atoms with van der Waals surface area (Å²) < 4.78 is 8.22. The molecule has 0 amide bonds. The molecule has 0 spiro atoms. The Morgan fingerprint density at radius 1 is 1.27 bits per heavy atom. The highest BCUT2D eigenvalue weighted by Crippen LogP contribution is 2.42. The number of hydrazine groups is 1. The zero-order valence-corrected chi connectivity index (χ0v) is 27.9. The number of nitrogens with one attached hydrogen (secondary N) is 1. The summed E-state index contributed by atoms with van der Waals surface area (Å²) in [6, 6.07) is 11.1. The molecule has 0 radical (unpaired) electrons. The van der Waals surface area contributed by atoms with Crippen molar-refractivity contribution in [2.45, 2.75) is 85.3 Å². The molecule has 1 fully saturated rings. The molecule has 0 saturated carbocycles. The number of methoxy groups -OCH3 is 1. The summed E-state index contributed by atoms with van der Waals surface area (Å²) in [6.07, 6.45) is 14.3. The van der Waals surface area contributed by atoms with E-state index in [9.17, 15) is 0 Å². The summed E-state index contributed by atoms with van der Waals surface area (Å²) in [6.45, 7) is 16.2. The van der Waals surface area contributed by atoms with Crippen molar-refractivity contribution < 1.29 is 4.74 Å². The van der Waals surface area contributed by atoms with Crippen LogP contribution in [0.1, 0.15) is 82.2 Å². The minimum absolute atomic E-state index is 0.0264. The fraction of sp³-hybridized carbons (Fsp3) is 0.459. The van der Waals surface area contributed by atoms with Gasteiger partial charge in [-0.05, 0) is 81.2 Å². The van der Waals surface area contributed by atoms with Crippen molar-refractivity contribution in [3.05, 3.63) is 70.4 Å². The van der Waals surface area contributed by atoms with Crippen LogP contribution >= 0.6 is 11.3 Å². The molecule has 7 heteroatoms. The van der Waals surface area contributed by atoms with Crippen LogP contribution in [0.2, 0.25) is 0 Å². The van der Waals surface area contributed by atoms with E-state index < -0.39 is 0 Å². The number of aromatic nitrogens is 3. The number of benzene rings is 1. The van der Waals surface area contributed by atoms with Crippen molar-refractivity contribution >= 4 is 22.2 Å². The highest BCUT2D eigenvalue weighted by molar-refractivity contribution is 7.09. The summed E-state index contributed by atoms with van der Waals surface area (Å²) in [5.41, 5.74) is 12.7. The smallest absolute Gasteiger partial charge is 0.0969 e. The molecule has 1 N–H and O–H groups in total. The van der Waals surface area contributed by atoms with E-state index in [4.69, 9.17) is 21.1 Å². The number of aryl methyl sites for hydroxylation is 2. The molecule has 1 aromatic carbocycles. The van der Waals surface area contributed by atoms with Gasteiger partial charge in [0.15, 0.2) is 0 Å². The molecule has 44 heavy (non-hydrogen) atoms. The topological polar surface area (TPSA) is 55.2 Å². The van der Waals surface area contributed by atoms with Gasteiger partial charge in [-0.1, -0.05) is 26.5 Å². The first kappa shape index (κ1) is 32.0. The lowest BCUT2D eigenvalue weighted by Crippen LogP contribution is -2.42. The van der Waals surface area contributed by atoms with Crippen molar-refractivity contribution in [1.29, 1.82) is 0 Å². The monoisotopic (exact) mass is 609 g/mol. The summed E-state index contributed by atoms with van der Waals surface area (Å²) in [7, 11) is 1.75. The molecule has 1 aliphatic heterocycles. The van der Waals surface area contributed by atoms with Crippen LogP contribution in [0.15, 0.2) is 54.2 Å². The number of pyridine rings is 1. The van der Waals surface area contributed by atoms with Gasteiger partial charge in [0.05, 0.1) is 28.2 Å². The van der Waals surface area contributed by atoms with E-state index in [-0.39, 0.29) is 11.5 Å². The van der Waals surface area contributed by atoms with Gasteiger partial charge in [-0.15, -0.1) is 23.7 Å². The van der Waals surface area contributed by atoms with Crippen LogP contribution in [0.25, 0.3) is 33.4 Å². The highest BCUT2D eigenvalue weighted by Gasteiger charge is 2.28. The van der Waals surface area contributed by atoms with Crippen molar-refractivity contribution in [1.82, 2.24) is 25.0 Å². The zero-order valence-electron chi connectivity index (χ0n) is 27.1. The fourth-order valence-corrected chi connectivity index (χ4v) is 7.14. The molecule has 4 heterocycles. The average molecular weight is 610 g/mol. The van der Waals surface area contributed by atoms with Gasteiger partial charge in [0, 0.05) is 78.9 Å². The third-order valence-corrected chi connectivity index (χ3v) is 9.79. The van der Waals surface area contributed by atoms with Crippen molar-refractivity contribution in [2.24, 2.45) is 5.41 Å². The Bertz CT molecular complexity index is 1640. The largest absolute Gasteiger partial charge is 0.375 e. The number of ether oxygens (including phenoxy) is 1. The van der Waals surface area contributed by atoms with Crippen LogP contribution in [0.4, 0.5) is 0 Å². The first-order valence-corrected chi connectivity index (χ1v) is 16.8. The van der Waals surface area contributed by atoms with Gasteiger partial charge in [-0.25, -0.2) is 10.4 Å². The van der Waals surface area contributed by atoms with Gasteiger partial charge in [-0.2, -0.15) is 0 Å². The quantitative estimate of drug-likeness (QED) is 0.154. The lowest BCUT2D eigenvalue weighted by molar-refractivity contribution is 0.116. The second-order valence-electron chi connectivity index (χ2n) is 12.6. The van der Waals surface area contributed by atoms with Crippen LogP contribution < -0.4 is 5.43 Å². The normalized spacial score (nSPS) is 14.6. The van der Waals surface area contributed by atoms with Gasteiger partial charge in [0.25, 0.3) is 0 Å². The van der Waals surface area contributed by atoms with Crippen molar-refractivity contribution in [3.8, 4) is 34.9 Å². The second kappa shape index (κ2) is 14.1. The molecular weight excluding hydrogens is 563 g/mol. The molecule has 5 rings (SSSR count). The van der Waals surface area contributed by atoms with Gasteiger partial charge in [0.1, 0.15) is 0 Å². The van der Waals surface area contributed by atoms with E-state index in [1.807, 2.05) is 12.3 Å². The van der Waals surface area contributed by atoms with E-state index in [2.05, 4.69) is 84.8 Å².